The highest BCUT2D eigenvalue weighted by Crippen LogP contribution is 2.44. The first kappa shape index (κ1) is 24.7. The monoisotopic (exact) mass is 481 g/mol. The molecule has 36 heavy (non-hydrogen) atoms. The molecule has 4 rings (SSSR count). The van der Waals surface area contributed by atoms with Crippen LogP contribution in [0.3, 0.4) is 0 Å². The van der Waals surface area contributed by atoms with Crippen LogP contribution in [0.25, 0.3) is 11.3 Å². The van der Waals surface area contributed by atoms with Crippen LogP contribution < -0.4 is 14.9 Å². The maximum absolute atomic E-state index is 11.2. The third kappa shape index (κ3) is 4.71. The van der Waals surface area contributed by atoms with Crippen molar-refractivity contribution in [2.24, 2.45) is 0 Å². The molecule has 0 aliphatic carbocycles. The number of carbonyl (C=O) groups is 1. The number of benzene rings is 2. The number of aliphatic hydroxyl groups is 2. The van der Waals surface area contributed by atoms with Gasteiger partial charge in [0.15, 0.2) is 0 Å². The van der Waals surface area contributed by atoms with Crippen LogP contribution in [0.1, 0.15) is 23.6 Å². The number of rotatable bonds is 9. The summed E-state index contributed by atoms with van der Waals surface area (Å²) in [6.45, 7) is 1.98. The molecule has 179 valence electrons. The normalized spacial score (nSPS) is 16.0. The quantitative estimate of drug-likeness (QED) is 0.305. The molecule has 1 aromatic heterocycles. The average molecular weight is 481 g/mol. The molecule has 10 nitrogen and oxygen atoms in total. The van der Waals surface area contributed by atoms with Crippen LogP contribution in [-0.2, 0) is 10.2 Å². The Balaban J connectivity index is 1.74. The molecule has 11 heteroatoms. The van der Waals surface area contributed by atoms with Crippen molar-refractivity contribution in [3.8, 4) is 29.1 Å². The third-order valence-electron chi connectivity index (χ3n) is 5.93. The number of hydrogen-bond acceptors (Lipinski definition) is 10. The zero-order chi connectivity index (χ0) is 25.7. The molecule has 3 N–H and O–H groups in total. The van der Waals surface area contributed by atoms with Gasteiger partial charge in [0.1, 0.15) is 24.6 Å². The average Bonchev–Trinajstić information content (AvgIpc) is 3.19. The Bertz CT molecular complexity index is 1390. The van der Waals surface area contributed by atoms with Crippen molar-refractivity contribution < 1.29 is 19.7 Å². The lowest BCUT2D eigenvalue weighted by molar-refractivity contribution is 0.202. The summed E-state index contributed by atoms with van der Waals surface area (Å²) in [7, 11) is 1.36. The zero-order valence-corrected chi connectivity index (χ0v) is 19.5. The fourth-order valence-electron chi connectivity index (χ4n) is 4.19. The fourth-order valence-corrected chi connectivity index (χ4v) is 4.19. The SMILES string of the molecule is C[C@]1(CO)CN([B]C=O)c2c(C#N)cc(-c3ccnc(Nc4cc(C#N)ccc4OCCO)n3)cc21. The predicted octanol–water partition coefficient (Wildman–Crippen LogP) is 1.88. The molecule has 1 aliphatic heterocycles. The molecule has 0 fully saturated rings. The molecule has 2 aromatic carbocycles. The van der Waals surface area contributed by atoms with Gasteiger partial charge in [-0.1, -0.05) is 6.92 Å². The van der Waals surface area contributed by atoms with Crippen LogP contribution in [0.2, 0.25) is 0 Å². The van der Waals surface area contributed by atoms with E-state index in [0.29, 0.717) is 52.2 Å². The van der Waals surface area contributed by atoms with Gasteiger partial charge in [0, 0.05) is 29.4 Å². The van der Waals surface area contributed by atoms with Gasteiger partial charge in [-0.15, -0.1) is 0 Å². The zero-order valence-electron chi connectivity index (χ0n) is 19.5. The highest BCUT2D eigenvalue weighted by Gasteiger charge is 2.40. The lowest BCUT2D eigenvalue weighted by Crippen LogP contribution is -2.36. The van der Waals surface area contributed by atoms with E-state index in [0.717, 1.165) is 5.56 Å². The minimum absolute atomic E-state index is 0.0791. The lowest BCUT2D eigenvalue weighted by atomic mass is 9.83. The van der Waals surface area contributed by atoms with Gasteiger partial charge >= 0.3 is 7.41 Å². The number of hydrogen-bond donors (Lipinski definition) is 3. The molecule has 0 amide bonds. The van der Waals surface area contributed by atoms with Crippen molar-refractivity contribution in [1.29, 1.82) is 10.5 Å². The highest BCUT2D eigenvalue weighted by atomic mass is 16.5. The number of ether oxygens (including phenoxy) is 1. The molecule has 0 spiro atoms. The number of nitrogens with zero attached hydrogens (tertiary/aromatic N) is 5. The van der Waals surface area contributed by atoms with E-state index >= 15 is 0 Å². The summed E-state index contributed by atoms with van der Waals surface area (Å²) < 4.78 is 5.55. The van der Waals surface area contributed by atoms with Crippen LogP contribution in [0, 0.1) is 22.7 Å². The van der Waals surface area contributed by atoms with Gasteiger partial charge in [-0.3, -0.25) is 0 Å². The van der Waals surface area contributed by atoms with E-state index in [1.165, 1.54) is 7.41 Å². The predicted molar refractivity (Wildman–Crippen MR) is 133 cm³/mol. The first-order chi connectivity index (χ1) is 17.5. The minimum Gasteiger partial charge on any atom is -0.489 e. The van der Waals surface area contributed by atoms with Crippen molar-refractivity contribution in [1.82, 2.24) is 9.97 Å². The Morgan fingerprint density at radius 3 is 2.78 bits per heavy atom. The Morgan fingerprint density at radius 2 is 2.08 bits per heavy atom. The van der Waals surface area contributed by atoms with Crippen molar-refractivity contribution in [3.63, 3.8) is 0 Å². The van der Waals surface area contributed by atoms with Gasteiger partial charge in [-0.05, 0) is 42.0 Å². The van der Waals surface area contributed by atoms with E-state index in [-0.39, 0.29) is 25.8 Å². The van der Waals surface area contributed by atoms with Crippen molar-refractivity contribution in [2.75, 3.05) is 36.5 Å². The molecule has 1 atom stereocenters. The van der Waals surface area contributed by atoms with Crippen LogP contribution in [-0.4, -0.2) is 60.1 Å². The summed E-state index contributed by atoms with van der Waals surface area (Å²) >= 11 is 0. The molecule has 3 aromatic rings. The summed E-state index contributed by atoms with van der Waals surface area (Å²) in [5.41, 5.74) is 3.04. The van der Waals surface area contributed by atoms with Gasteiger partial charge in [0.05, 0.1) is 41.8 Å². The maximum Gasteiger partial charge on any atom is 0.329 e. The molecular formula is C25H22BN6O4. The second-order valence-electron chi connectivity index (χ2n) is 8.45. The van der Waals surface area contributed by atoms with Gasteiger partial charge in [-0.2, -0.15) is 10.5 Å². The molecule has 0 unspecified atom stereocenters. The summed E-state index contributed by atoms with van der Waals surface area (Å²) in [5, 5.41) is 41.4. The lowest BCUT2D eigenvalue weighted by Gasteiger charge is -2.23. The Labute approximate surface area is 208 Å². The number of nitrogens with one attached hydrogen (secondary N) is 1. The molecule has 0 saturated carbocycles. The van der Waals surface area contributed by atoms with E-state index in [1.807, 2.05) is 13.0 Å². The van der Waals surface area contributed by atoms with Gasteiger partial charge in [-0.25, -0.2) is 9.97 Å². The van der Waals surface area contributed by atoms with E-state index in [1.54, 1.807) is 41.3 Å². The third-order valence-corrected chi connectivity index (χ3v) is 5.93. The Morgan fingerprint density at radius 1 is 1.25 bits per heavy atom. The second-order valence-corrected chi connectivity index (χ2v) is 8.45. The maximum atomic E-state index is 11.2. The number of fused-ring (bicyclic) bond motifs is 1. The van der Waals surface area contributed by atoms with Crippen molar-refractivity contribution >= 4 is 30.9 Å². The topological polar surface area (TPSA) is 155 Å². The smallest absolute Gasteiger partial charge is 0.329 e. The largest absolute Gasteiger partial charge is 0.489 e. The highest BCUT2D eigenvalue weighted by molar-refractivity contribution is 6.70. The van der Waals surface area contributed by atoms with E-state index in [2.05, 4.69) is 27.4 Å². The van der Waals surface area contributed by atoms with Gasteiger partial charge in [0.25, 0.3) is 0 Å². The number of aromatic nitrogens is 2. The number of carbonyl (C=O) groups excluding carboxylic acids is 1. The van der Waals surface area contributed by atoms with Crippen LogP contribution in [0.5, 0.6) is 5.75 Å². The van der Waals surface area contributed by atoms with Crippen LogP contribution >= 0.6 is 0 Å². The number of nitriles is 2. The molecule has 1 radical (unpaired) electrons. The number of aliphatic hydroxyl groups excluding tert-OH is 2. The Kier molecular flexibility index (Phi) is 7.16. The molecule has 0 bridgehead atoms. The Hall–Kier alpha value is -4.45. The minimum atomic E-state index is -0.679. The molecule has 0 saturated heterocycles. The van der Waals surface area contributed by atoms with Crippen molar-refractivity contribution in [2.45, 2.75) is 12.3 Å². The summed E-state index contributed by atoms with van der Waals surface area (Å²) in [6, 6.07) is 14.3. The fraction of sp³-hybridized carbons (Fsp3) is 0.240. The first-order valence-corrected chi connectivity index (χ1v) is 11.1. The van der Waals surface area contributed by atoms with E-state index < -0.39 is 5.41 Å². The van der Waals surface area contributed by atoms with Crippen LogP contribution in [0.4, 0.5) is 17.3 Å². The number of anilines is 3. The standard InChI is InChI=1S/C25H22BN6O4/c1-25(14-34)13-32(26-15-35)23-18(12-28)9-17(10-19(23)25)20-4-5-29-24(30-20)31-21-8-16(11-27)2-3-22(21)36-7-6-33/h2-5,8-10,15,33-34H,6-7,13-14H2,1H3,(H,29,30,31)/t25-/m1/s1. The second kappa shape index (κ2) is 10.4. The van der Waals surface area contributed by atoms with Gasteiger partial charge in [0.2, 0.25) is 5.95 Å². The first-order valence-electron chi connectivity index (χ1n) is 11.1. The van der Waals surface area contributed by atoms with Crippen LogP contribution in [0.15, 0.2) is 42.6 Å². The van der Waals surface area contributed by atoms with Gasteiger partial charge < -0.3 is 29.9 Å². The summed E-state index contributed by atoms with van der Waals surface area (Å²) in [4.78, 5) is 21.7. The van der Waals surface area contributed by atoms with Crippen molar-refractivity contribution in [3.05, 3.63) is 59.3 Å². The van der Waals surface area contributed by atoms with E-state index in [9.17, 15) is 20.4 Å². The molecule has 1 aliphatic rings. The van der Waals surface area contributed by atoms with E-state index in [4.69, 9.17) is 9.84 Å². The molecule has 2 heterocycles. The molecular weight excluding hydrogens is 459 g/mol. The summed E-state index contributed by atoms with van der Waals surface area (Å²) in [6.07, 6.45) is 2.22. The summed E-state index contributed by atoms with van der Waals surface area (Å²) in [5.74, 6) is 0.655.